The first kappa shape index (κ1) is 11.4. The topological polar surface area (TPSA) is 49.3 Å². The molecule has 0 fully saturated rings. The minimum Gasteiger partial charge on any atom is -0.346 e. The van der Waals surface area contributed by atoms with Crippen LogP contribution in [0.25, 0.3) is 0 Å². The van der Waals surface area contributed by atoms with Gasteiger partial charge in [0.15, 0.2) is 8.03 Å². The van der Waals surface area contributed by atoms with Crippen LogP contribution >= 0.6 is 8.03 Å². The summed E-state index contributed by atoms with van der Waals surface area (Å²) in [6.45, 7) is 1.49. The van der Waals surface area contributed by atoms with Gasteiger partial charge in [0.2, 0.25) is 0 Å². The van der Waals surface area contributed by atoms with Gasteiger partial charge in [-0.3, -0.25) is 4.57 Å². The molecule has 0 aliphatic heterocycles. The average Bonchev–Trinajstić information content (AvgIpc) is 2.18. The van der Waals surface area contributed by atoms with Gasteiger partial charge in [0.05, 0.1) is 0 Å². The molecule has 0 saturated heterocycles. The van der Waals surface area contributed by atoms with Crippen molar-refractivity contribution in [2.24, 2.45) is 0 Å². The first-order chi connectivity index (χ1) is 6.79. The van der Waals surface area contributed by atoms with Gasteiger partial charge in [-0.15, -0.1) is 0 Å². The molecule has 2 N–H and O–H groups in total. The molecule has 0 saturated carbocycles. The molecule has 1 aromatic rings. The summed E-state index contributed by atoms with van der Waals surface area (Å²) in [5, 5.41) is 3.13. The molecule has 4 heteroatoms. The molecule has 0 bridgehead atoms. The lowest BCUT2D eigenvalue weighted by Gasteiger charge is -2.02. The lowest BCUT2D eigenvalue weighted by molar-refractivity contribution is 0.500. The van der Waals surface area contributed by atoms with Crippen molar-refractivity contribution in [2.75, 3.05) is 19.3 Å². The van der Waals surface area contributed by atoms with Crippen molar-refractivity contribution >= 4 is 8.03 Å². The van der Waals surface area contributed by atoms with Crippen LogP contribution in [0.15, 0.2) is 30.3 Å². The molecule has 1 unspecified atom stereocenters. The van der Waals surface area contributed by atoms with Gasteiger partial charge in [-0.2, -0.15) is 0 Å². The molecule has 14 heavy (non-hydrogen) atoms. The lowest BCUT2D eigenvalue weighted by atomic mass is 10.1. The van der Waals surface area contributed by atoms with E-state index in [-0.39, 0.29) is 0 Å². The summed E-state index contributed by atoms with van der Waals surface area (Å²) >= 11 is 0. The van der Waals surface area contributed by atoms with Crippen LogP contribution in [0.1, 0.15) is 5.56 Å². The zero-order valence-corrected chi connectivity index (χ0v) is 9.07. The van der Waals surface area contributed by atoms with Crippen molar-refractivity contribution in [3.63, 3.8) is 0 Å². The SMILES string of the molecule is O=[PH](O)CCNCCc1ccccc1. The van der Waals surface area contributed by atoms with Gasteiger partial charge in [-0.1, -0.05) is 30.3 Å². The molecule has 0 spiro atoms. The second kappa shape index (κ2) is 6.77. The first-order valence-electron chi connectivity index (χ1n) is 4.75. The number of nitrogens with one attached hydrogen (secondary N) is 1. The Morgan fingerprint density at radius 1 is 1.21 bits per heavy atom. The summed E-state index contributed by atoms with van der Waals surface area (Å²) in [5.41, 5.74) is 1.29. The molecule has 0 aliphatic rings. The fourth-order valence-electron chi connectivity index (χ4n) is 1.20. The van der Waals surface area contributed by atoms with E-state index in [0.717, 1.165) is 13.0 Å². The molecule has 1 rings (SSSR count). The summed E-state index contributed by atoms with van der Waals surface area (Å²) in [5.74, 6) is 0. The Bertz CT molecular complexity index is 277. The van der Waals surface area contributed by atoms with Gasteiger partial charge in [0.25, 0.3) is 0 Å². The molecule has 78 valence electrons. The Labute approximate surface area is 85.0 Å². The van der Waals surface area contributed by atoms with Crippen LogP contribution in [0.2, 0.25) is 0 Å². The maximum absolute atomic E-state index is 10.4. The molecule has 0 radical (unpaired) electrons. The monoisotopic (exact) mass is 213 g/mol. The Hall–Kier alpha value is -0.630. The highest BCUT2D eigenvalue weighted by molar-refractivity contribution is 7.38. The summed E-state index contributed by atoms with van der Waals surface area (Å²) in [7, 11) is -2.29. The maximum Gasteiger partial charge on any atom is 0.190 e. The highest BCUT2D eigenvalue weighted by Crippen LogP contribution is 2.09. The number of hydrogen-bond acceptors (Lipinski definition) is 2. The number of rotatable bonds is 6. The fourth-order valence-corrected chi connectivity index (χ4v) is 1.59. The maximum atomic E-state index is 10.4. The molecule has 0 aliphatic carbocycles. The standard InChI is InChI=1S/C10H16NO2P/c12-14(13)9-8-11-7-6-10-4-2-1-3-5-10/h1-5,11,14H,6-9H2,(H,12,13). The van der Waals surface area contributed by atoms with Gasteiger partial charge in [0, 0.05) is 12.7 Å². The first-order valence-corrected chi connectivity index (χ1v) is 6.32. The summed E-state index contributed by atoms with van der Waals surface area (Å²) in [6.07, 6.45) is 1.34. The predicted octanol–water partition coefficient (Wildman–Crippen LogP) is 1.29. The largest absolute Gasteiger partial charge is 0.346 e. The fraction of sp³-hybridized carbons (Fsp3) is 0.400. The Kier molecular flexibility index (Phi) is 5.53. The molecule has 0 aromatic heterocycles. The normalized spacial score (nSPS) is 12.6. The highest BCUT2D eigenvalue weighted by Gasteiger charge is 1.93. The van der Waals surface area contributed by atoms with Gasteiger partial charge in [0.1, 0.15) is 0 Å². The van der Waals surface area contributed by atoms with Crippen molar-refractivity contribution in [2.45, 2.75) is 6.42 Å². The van der Waals surface area contributed by atoms with Crippen LogP contribution in [0.5, 0.6) is 0 Å². The molecule has 3 nitrogen and oxygen atoms in total. The van der Waals surface area contributed by atoms with E-state index < -0.39 is 8.03 Å². The van der Waals surface area contributed by atoms with Gasteiger partial charge in [-0.25, -0.2) is 0 Å². The van der Waals surface area contributed by atoms with Gasteiger partial charge in [-0.05, 0) is 18.5 Å². The predicted molar refractivity (Wildman–Crippen MR) is 59.1 cm³/mol. The minimum atomic E-state index is -2.29. The van der Waals surface area contributed by atoms with Crippen molar-refractivity contribution in [1.29, 1.82) is 0 Å². The zero-order chi connectivity index (χ0) is 10.2. The van der Waals surface area contributed by atoms with E-state index in [2.05, 4.69) is 17.4 Å². The van der Waals surface area contributed by atoms with Crippen LogP contribution in [0.4, 0.5) is 0 Å². The molecule has 1 aromatic carbocycles. The molecule has 0 amide bonds. The van der Waals surface area contributed by atoms with E-state index in [9.17, 15) is 4.57 Å². The number of hydrogen-bond donors (Lipinski definition) is 2. The van der Waals surface area contributed by atoms with Crippen molar-refractivity contribution < 1.29 is 9.46 Å². The summed E-state index contributed by atoms with van der Waals surface area (Å²) in [4.78, 5) is 8.58. The average molecular weight is 213 g/mol. The third-order valence-corrected chi connectivity index (χ3v) is 2.63. The highest BCUT2D eigenvalue weighted by atomic mass is 31.1. The minimum absolute atomic E-state index is 0.374. The summed E-state index contributed by atoms with van der Waals surface area (Å²) < 4.78 is 10.4. The Balaban J connectivity index is 2.08. The van der Waals surface area contributed by atoms with E-state index in [1.54, 1.807) is 0 Å². The van der Waals surface area contributed by atoms with Crippen LogP contribution in [-0.2, 0) is 11.0 Å². The molecular weight excluding hydrogens is 197 g/mol. The van der Waals surface area contributed by atoms with E-state index in [1.807, 2.05) is 18.2 Å². The Morgan fingerprint density at radius 2 is 1.93 bits per heavy atom. The van der Waals surface area contributed by atoms with Crippen molar-refractivity contribution in [3.8, 4) is 0 Å². The van der Waals surface area contributed by atoms with E-state index in [1.165, 1.54) is 5.56 Å². The second-order valence-corrected chi connectivity index (χ2v) is 4.42. The van der Waals surface area contributed by atoms with Crippen LogP contribution < -0.4 is 5.32 Å². The zero-order valence-electron chi connectivity index (χ0n) is 8.07. The van der Waals surface area contributed by atoms with Gasteiger partial charge >= 0.3 is 0 Å². The van der Waals surface area contributed by atoms with Crippen LogP contribution in [0.3, 0.4) is 0 Å². The van der Waals surface area contributed by atoms with E-state index >= 15 is 0 Å². The number of benzene rings is 1. The van der Waals surface area contributed by atoms with Crippen molar-refractivity contribution in [1.82, 2.24) is 5.32 Å². The molecular formula is C10H16NO2P. The Morgan fingerprint density at radius 3 is 2.57 bits per heavy atom. The van der Waals surface area contributed by atoms with E-state index in [4.69, 9.17) is 4.89 Å². The quantitative estimate of drug-likeness (QED) is 0.553. The van der Waals surface area contributed by atoms with E-state index in [0.29, 0.717) is 12.7 Å². The van der Waals surface area contributed by atoms with Crippen LogP contribution in [0, 0.1) is 0 Å². The third-order valence-electron chi connectivity index (χ3n) is 1.95. The summed E-state index contributed by atoms with van der Waals surface area (Å²) in [6, 6.07) is 10.2. The molecule has 0 heterocycles. The van der Waals surface area contributed by atoms with Gasteiger partial charge < -0.3 is 10.2 Å². The smallest absolute Gasteiger partial charge is 0.190 e. The second-order valence-electron chi connectivity index (χ2n) is 3.13. The van der Waals surface area contributed by atoms with Crippen LogP contribution in [-0.4, -0.2) is 24.1 Å². The van der Waals surface area contributed by atoms with Crippen molar-refractivity contribution in [3.05, 3.63) is 35.9 Å². The molecule has 1 atom stereocenters. The third kappa shape index (κ3) is 5.18. The lowest BCUT2D eigenvalue weighted by Crippen LogP contribution is -2.19.